The molecule has 8 heteroatoms. The van der Waals surface area contributed by atoms with E-state index in [1.54, 1.807) is 60.7 Å². The fraction of sp³-hybridized carbons (Fsp3) is 0.138. The number of rotatable bonds is 2. The Morgan fingerprint density at radius 3 is 2.51 bits per heavy atom. The van der Waals surface area contributed by atoms with E-state index in [2.05, 4.69) is 6.58 Å². The molecule has 0 aliphatic carbocycles. The highest BCUT2D eigenvalue weighted by molar-refractivity contribution is 6.35. The predicted molar refractivity (Wildman–Crippen MR) is 139 cm³/mol. The molecule has 0 fully saturated rings. The number of ether oxygens (including phenoxy) is 2. The van der Waals surface area contributed by atoms with Crippen molar-refractivity contribution in [3.8, 4) is 11.5 Å². The van der Waals surface area contributed by atoms with E-state index in [0.717, 1.165) is 0 Å². The van der Waals surface area contributed by atoms with Gasteiger partial charge in [0.2, 0.25) is 0 Å². The molecule has 1 aromatic heterocycles. The first-order valence-corrected chi connectivity index (χ1v) is 12.3. The lowest BCUT2D eigenvalue weighted by atomic mass is 9.58. The molecule has 0 radical (unpaired) electrons. The lowest BCUT2D eigenvalue weighted by Crippen LogP contribution is -2.55. The molecule has 2 aliphatic rings. The molecule has 0 N–H and O–H groups in total. The van der Waals surface area contributed by atoms with Gasteiger partial charge in [0.25, 0.3) is 0 Å². The highest BCUT2D eigenvalue weighted by Crippen LogP contribution is 2.57. The van der Waals surface area contributed by atoms with Gasteiger partial charge in [-0.2, -0.15) is 0 Å². The van der Waals surface area contributed by atoms with Crippen LogP contribution < -0.4 is 15.1 Å². The third kappa shape index (κ3) is 3.29. The van der Waals surface area contributed by atoms with Crippen molar-refractivity contribution >= 4 is 45.9 Å². The minimum atomic E-state index is -1.96. The van der Waals surface area contributed by atoms with Crippen molar-refractivity contribution in [1.29, 1.82) is 0 Å². The predicted octanol–water partition coefficient (Wildman–Crippen LogP) is 6.21. The number of carbonyl (C=O) groups excluding carboxylic acids is 2. The normalized spacial score (nSPS) is 22.5. The number of hydrogen-bond acceptors (Lipinski definition) is 6. The van der Waals surface area contributed by atoms with Gasteiger partial charge in [0.15, 0.2) is 11.2 Å². The van der Waals surface area contributed by atoms with Crippen LogP contribution in [0.1, 0.15) is 27.4 Å². The van der Waals surface area contributed by atoms with E-state index in [1.807, 2.05) is 0 Å². The number of fused-ring (bicyclic) bond motifs is 4. The summed E-state index contributed by atoms with van der Waals surface area (Å²) in [7, 11) is 0. The molecular weight excluding hydrogens is 515 g/mol. The summed E-state index contributed by atoms with van der Waals surface area (Å²) >= 11 is 12.9. The maximum Gasteiger partial charge on any atom is 0.343 e. The van der Waals surface area contributed by atoms with Gasteiger partial charge in [0.1, 0.15) is 17.1 Å². The minimum absolute atomic E-state index is 0.00282. The SMILES string of the molecule is C=C[C@H]1COc2c(c(=O)oc3ccccc23)[C@H](c2ccc(Cl)cc2Cl)[C@]12C(=O)Oc1ccccc1C2=O. The summed E-state index contributed by atoms with van der Waals surface area (Å²) in [6.07, 6.45) is 1.49. The van der Waals surface area contributed by atoms with Crippen LogP contribution in [0.2, 0.25) is 10.0 Å². The number of Topliss-reactive ketones (excluding diaryl/α,β-unsaturated/α-hetero) is 1. The van der Waals surface area contributed by atoms with Crippen LogP contribution in [0.5, 0.6) is 11.5 Å². The number of esters is 1. The van der Waals surface area contributed by atoms with Gasteiger partial charge in [-0.3, -0.25) is 9.59 Å². The zero-order chi connectivity index (χ0) is 25.9. The van der Waals surface area contributed by atoms with Crippen molar-refractivity contribution in [2.45, 2.75) is 5.92 Å². The lowest BCUT2D eigenvalue weighted by Gasteiger charge is -2.42. The summed E-state index contributed by atoms with van der Waals surface area (Å²) in [6.45, 7) is 3.80. The summed E-state index contributed by atoms with van der Waals surface area (Å²) in [5.41, 5.74) is -1.88. The van der Waals surface area contributed by atoms with Gasteiger partial charge in [-0.25, -0.2) is 4.79 Å². The van der Waals surface area contributed by atoms with Gasteiger partial charge in [0.05, 0.1) is 23.1 Å². The monoisotopic (exact) mass is 532 g/mol. The average molecular weight is 533 g/mol. The van der Waals surface area contributed by atoms with Crippen LogP contribution in [0.4, 0.5) is 0 Å². The molecule has 0 unspecified atom stereocenters. The van der Waals surface area contributed by atoms with E-state index < -0.39 is 34.6 Å². The molecule has 0 saturated carbocycles. The van der Waals surface area contributed by atoms with Crippen LogP contribution in [-0.2, 0) is 4.79 Å². The molecule has 6 nitrogen and oxygen atoms in total. The molecule has 6 rings (SSSR count). The third-order valence-electron chi connectivity index (χ3n) is 7.14. The largest absolute Gasteiger partial charge is 0.492 e. The fourth-order valence-corrected chi connectivity index (χ4v) is 6.01. The molecule has 3 aromatic carbocycles. The molecule has 0 amide bonds. The third-order valence-corrected chi connectivity index (χ3v) is 7.70. The second-order valence-electron chi connectivity index (χ2n) is 8.96. The Morgan fingerprint density at radius 1 is 0.973 bits per heavy atom. The highest BCUT2D eigenvalue weighted by atomic mass is 35.5. The Hall–Kier alpha value is -3.87. The maximum atomic E-state index is 14.5. The van der Waals surface area contributed by atoms with Crippen molar-refractivity contribution in [2.75, 3.05) is 6.61 Å². The van der Waals surface area contributed by atoms with Crippen LogP contribution in [-0.4, -0.2) is 18.4 Å². The van der Waals surface area contributed by atoms with Crippen LogP contribution >= 0.6 is 23.2 Å². The topological polar surface area (TPSA) is 82.8 Å². The van der Waals surface area contributed by atoms with Crippen LogP contribution in [0.25, 0.3) is 11.0 Å². The first-order valence-electron chi connectivity index (χ1n) is 11.5. The van der Waals surface area contributed by atoms with Gasteiger partial charge in [-0.05, 0) is 42.0 Å². The zero-order valence-electron chi connectivity index (χ0n) is 19.2. The molecule has 3 heterocycles. The first-order chi connectivity index (χ1) is 17.9. The number of carbonyl (C=O) groups is 2. The molecule has 184 valence electrons. The van der Waals surface area contributed by atoms with Crippen molar-refractivity contribution in [3.05, 3.63) is 117 Å². The van der Waals surface area contributed by atoms with Crippen molar-refractivity contribution in [3.63, 3.8) is 0 Å². The number of para-hydroxylation sites is 2. The first kappa shape index (κ1) is 23.5. The number of ketones is 1. The van der Waals surface area contributed by atoms with E-state index in [-0.39, 0.29) is 34.3 Å². The van der Waals surface area contributed by atoms with E-state index in [9.17, 15) is 14.4 Å². The summed E-state index contributed by atoms with van der Waals surface area (Å²) in [6, 6.07) is 18.1. The van der Waals surface area contributed by atoms with E-state index in [0.29, 0.717) is 21.6 Å². The van der Waals surface area contributed by atoms with Crippen molar-refractivity contribution in [1.82, 2.24) is 0 Å². The summed E-state index contributed by atoms with van der Waals surface area (Å²) < 4.78 is 17.7. The number of halogens is 2. The van der Waals surface area contributed by atoms with Crippen LogP contribution in [0.15, 0.2) is 88.6 Å². The summed E-state index contributed by atoms with van der Waals surface area (Å²) in [5.74, 6) is -3.12. The number of hydrogen-bond donors (Lipinski definition) is 0. The van der Waals surface area contributed by atoms with Gasteiger partial charge in [-0.1, -0.05) is 59.6 Å². The molecule has 0 bridgehead atoms. The van der Waals surface area contributed by atoms with Crippen molar-refractivity contribution < 1.29 is 23.5 Å². The second kappa shape index (κ2) is 8.61. The van der Waals surface area contributed by atoms with Crippen molar-refractivity contribution in [2.24, 2.45) is 11.3 Å². The smallest absolute Gasteiger partial charge is 0.343 e. The Morgan fingerprint density at radius 2 is 1.73 bits per heavy atom. The Balaban J connectivity index is 1.78. The van der Waals surface area contributed by atoms with Gasteiger partial charge in [0, 0.05) is 21.9 Å². The maximum absolute atomic E-state index is 14.5. The van der Waals surface area contributed by atoms with Gasteiger partial charge in [-0.15, -0.1) is 6.58 Å². The van der Waals surface area contributed by atoms with Gasteiger partial charge < -0.3 is 13.9 Å². The molecule has 37 heavy (non-hydrogen) atoms. The molecule has 1 spiro atoms. The fourth-order valence-electron chi connectivity index (χ4n) is 5.49. The van der Waals surface area contributed by atoms with Crippen LogP contribution in [0, 0.1) is 11.3 Å². The van der Waals surface area contributed by atoms with E-state index in [1.165, 1.54) is 12.1 Å². The van der Waals surface area contributed by atoms with E-state index in [4.69, 9.17) is 37.1 Å². The lowest BCUT2D eigenvalue weighted by molar-refractivity contribution is -0.147. The van der Waals surface area contributed by atoms with Gasteiger partial charge >= 0.3 is 11.6 Å². The molecule has 2 aliphatic heterocycles. The Kier molecular flexibility index (Phi) is 5.48. The summed E-state index contributed by atoms with van der Waals surface area (Å²) in [4.78, 5) is 42.2. The molecule has 0 saturated heterocycles. The molecular formula is C29H18Cl2O6. The standard InChI is InChI=1S/C29H18Cl2O6/c1-2-15-14-35-25-18-7-3-5-9-21(18)36-27(33)23(25)24(17-12-11-16(30)13-20(17)31)29(15)26(32)19-8-4-6-10-22(19)37-28(29)34/h2-13,15,24H,1,14H2/t15-,24-,29+/m0/s1. The zero-order valence-corrected chi connectivity index (χ0v) is 20.7. The van der Waals surface area contributed by atoms with Crippen LogP contribution in [0.3, 0.4) is 0 Å². The average Bonchev–Trinajstić information content (AvgIpc) is 3.04. The Bertz CT molecular complexity index is 1690. The highest BCUT2D eigenvalue weighted by Gasteiger charge is 2.64. The quantitative estimate of drug-likeness (QED) is 0.100. The number of benzene rings is 3. The Labute approximate surface area is 221 Å². The second-order valence-corrected chi connectivity index (χ2v) is 9.81. The molecule has 3 atom stereocenters. The minimum Gasteiger partial charge on any atom is -0.492 e. The summed E-state index contributed by atoms with van der Waals surface area (Å²) in [5, 5.41) is 1.03. The molecule has 4 aromatic rings. The van der Waals surface area contributed by atoms with E-state index >= 15 is 0 Å².